The molecule has 2 heterocycles. The molecule has 0 saturated heterocycles. The zero-order chi connectivity index (χ0) is 21.3. The van der Waals surface area contributed by atoms with Gasteiger partial charge in [0.2, 0.25) is 0 Å². The summed E-state index contributed by atoms with van der Waals surface area (Å²) in [7, 11) is 0. The molecule has 30 heavy (non-hydrogen) atoms. The Labute approximate surface area is 188 Å². The zero-order valence-electron chi connectivity index (χ0n) is 15.7. The summed E-state index contributed by atoms with van der Waals surface area (Å²) in [5, 5.41) is 12.4. The number of benzene rings is 2. The maximum Gasteiger partial charge on any atom is 0.183 e. The molecule has 4 nitrogen and oxygen atoms in total. The normalized spacial score (nSPS) is 18.9. The molecule has 1 aliphatic heterocycles. The van der Waals surface area contributed by atoms with Crippen molar-refractivity contribution in [1.29, 1.82) is 5.26 Å². The minimum atomic E-state index is -0.737. The lowest BCUT2D eigenvalue weighted by Crippen LogP contribution is -2.48. The number of hydrogen-bond donors (Lipinski definition) is 1. The van der Waals surface area contributed by atoms with Crippen LogP contribution in [0, 0.1) is 17.2 Å². The smallest absolute Gasteiger partial charge is 0.183 e. The first-order valence-corrected chi connectivity index (χ1v) is 10.8. The van der Waals surface area contributed by atoms with Crippen LogP contribution < -0.4 is 10.6 Å². The van der Waals surface area contributed by atoms with Crippen LogP contribution in [0.15, 0.2) is 83.5 Å². The number of nitriles is 1. The highest BCUT2D eigenvalue weighted by atomic mass is 35.5. The Morgan fingerprint density at radius 3 is 2.40 bits per heavy atom. The Morgan fingerprint density at radius 1 is 1.10 bits per heavy atom. The van der Waals surface area contributed by atoms with E-state index in [0.717, 1.165) is 5.56 Å². The van der Waals surface area contributed by atoms with E-state index in [1.54, 1.807) is 35.2 Å². The van der Waals surface area contributed by atoms with E-state index in [9.17, 15) is 10.1 Å². The van der Waals surface area contributed by atoms with Gasteiger partial charge in [-0.2, -0.15) is 5.26 Å². The van der Waals surface area contributed by atoms with Crippen molar-refractivity contribution in [3.05, 3.63) is 99.0 Å². The summed E-state index contributed by atoms with van der Waals surface area (Å²) in [6.07, 6.45) is 0. The third kappa shape index (κ3) is 3.52. The molecular weight excluding hydrogens is 434 g/mol. The van der Waals surface area contributed by atoms with Gasteiger partial charge in [0.15, 0.2) is 5.78 Å². The van der Waals surface area contributed by atoms with Gasteiger partial charge in [0.25, 0.3) is 0 Å². The van der Waals surface area contributed by atoms with Gasteiger partial charge in [-0.05, 0) is 41.3 Å². The van der Waals surface area contributed by atoms with Gasteiger partial charge in [-0.1, -0.05) is 60.2 Å². The number of anilines is 1. The molecule has 0 spiro atoms. The Morgan fingerprint density at radius 2 is 1.80 bits per heavy atom. The highest BCUT2D eigenvalue weighted by Crippen LogP contribution is 2.43. The summed E-state index contributed by atoms with van der Waals surface area (Å²) >= 11 is 13.2. The number of thiocarbonyl (C=S) groups is 1. The minimum Gasteiger partial charge on any atom is -0.384 e. The number of carbonyl (C=O) groups is 1. The Balaban J connectivity index is 1.93. The van der Waals surface area contributed by atoms with E-state index in [-0.39, 0.29) is 11.6 Å². The summed E-state index contributed by atoms with van der Waals surface area (Å²) in [5.74, 6) is -1.18. The lowest BCUT2D eigenvalue weighted by atomic mass is 9.75. The average Bonchev–Trinajstić information content (AvgIpc) is 3.30. The van der Waals surface area contributed by atoms with Gasteiger partial charge in [0.05, 0.1) is 22.4 Å². The molecule has 0 saturated carbocycles. The van der Waals surface area contributed by atoms with Gasteiger partial charge in [-0.3, -0.25) is 9.69 Å². The molecule has 1 aliphatic rings. The Hall–Kier alpha value is -2.98. The Bertz CT molecular complexity index is 1170. The van der Waals surface area contributed by atoms with Crippen molar-refractivity contribution in [2.75, 3.05) is 4.90 Å². The van der Waals surface area contributed by atoms with Crippen LogP contribution in [0.5, 0.6) is 0 Å². The van der Waals surface area contributed by atoms with Crippen molar-refractivity contribution in [2.45, 2.75) is 5.92 Å². The van der Waals surface area contributed by atoms with Crippen molar-refractivity contribution in [2.24, 2.45) is 11.7 Å². The first kappa shape index (κ1) is 20.3. The first-order valence-electron chi connectivity index (χ1n) is 9.15. The van der Waals surface area contributed by atoms with Crippen LogP contribution in [0.3, 0.4) is 0 Å². The summed E-state index contributed by atoms with van der Waals surface area (Å²) in [6.45, 7) is 0. The highest BCUT2D eigenvalue weighted by Gasteiger charge is 2.44. The molecular formula is C23H16ClN3OS2. The molecule has 7 heteroatoms. The molecule has 2 aromatic carbocycles. The molecule has 0 amide bonds. The van der Waals surface area contributed by atoms with Crippen LogP contribution in [0.1, 0.15) is 21.2 Å². The molecule has 3 aromatic rings. The number of carbonyl (C=O) groups excluding carboxylic acids is 1. The molecule has 1 aromatic heterocycles. The van der Waals surface area contributed by atoms with Crippen molar-refractivity contribution >= 4 is 51.6 Å². The van der Waals surface area contributed by atoms with Gasteiger partial charge in [-0.25, -0.2) is 0 Å². The molecule has 148 valence electrons. The third-order valence-electron chi connectivity index (χ3n) is 5.06. The molecule has 0 bridgehead atoms. The van der Waals surface area contributed by atoms with Gasteiger partial charge >= 0.3 is 0 Å². The van der Waals surface area contributed by atoms with Gasteiger partial charge < -0.3 is 5.73 Å². The topological polar surface area (TPSA) is 70.1 Å². The fraction of sp³-hybridized carbons (Fsp3) is 0.0870. The summed E-state index contributed by atoms with van der Waals surface area (Å²) in [5.41, 5.74) is 8.26. The largest absolute Gasteiger partial charge is 0.384 e. The number of nitrogens with two attached hydrogens (primary N) is 1. The molecule has 4 rings (SSSR count). The average molecular weight is 450 g/mol. The van der Waals surface area contributed by atoms with Crippen LogP contribution in [-0.4, -0.2) is 10.8 Å². The van der Waals surface area contributed by atoms with E-state index in [4.69, 9.17) is 29.6 Å². The van der Waals surface area contributed by atoms with Crippen molar-refractivity contribution in [1.82, 2.24) is 0 Å². The monoisotopic (exact) mass is 449 g/mol. The van der Waals surface area contributed by atoms with Gasteiger partial charge in [0.1, 0.15) is 10.8 Å². The predicted octanol–water partition coefficient (Wildman–Crippen LogP) is 5.53. The van der Waals surface area contributed by atoms with Gasteiger partial charge in [0, 0.05) is 16.6 Å². The van der Waals surface area contributed by atoms with Crippen molar-refractivity contribution < 1.29 is 4.79 Å². The second-order valence-electron chi connectivity index (χ2n) is 6.77. The fourth-order valence-corrected chi connectivity index (χ4v) is 4.96. The lowest BCUT2D eigenvalue weighted by molar-refractivity contribution is 0.0949. The maximum absolute atomic E-state index is 13.6. The standard InChI is InChI=1S/C23H16ClN3OS2/c24-15-8-10-16(11-9-15)27-22(26)17(13-25)19(14-5-2-1-3-6-14)20(23(27)29)21(28)18-7-4-12-30-18/h1-12,19-20H,26H2. The minimum absolute atomic E-state index is 0.122. The number of Topliss-reactive ketones (excluding diaryl/α,β-unsaturated/α-hetero) is 1. The second-order valence-corrected chi connectivity index (χ2v) is 8.57. The number of rotatable bonds is 4. The molecule has 0 radical (unpaired) electrons. The predicted molar refractivity (Wildman–Crippen MR) is 125 cm³/mol. The fourth-order valence-electron chi connectivity index (χ4n) is 3.69. The summed E-state index contributed by atoms with van der Waals surface area (Å²) in [4.78, 5) is 16.1. The van der Waals surface area contributed by atoms with Gasteiger partial charge in [-0.15, -0.1) is 11.3 Å². The molecule has 0 fully saturated rings. The van der Waals surface area contributed by atoms with Crippen LogP contribution in [0.2, 0.25) is 5.02 Å². The van der Waals surface area contributed by atoms with Crippen LogP contribution >= 0.6 is 35.2 Å². The number of ketones is 1. The molecule has 2 atom stereocenters. The molecule has 2 N–H and O–H groups in total. The number of halogens is 1. The van der Waals surface area contributed by atoms with Crippen molar-refractivity contribution in [3.63, 3.8) is 0 Å². The van der Waals surface area contributed by atoms with Crippen LogP contribution in [-0.2, 0) is 0 Å². The van der Waals surface area contributed by atoms with E-state index in [1.165, 1.54) is 11.3 Å². The third-order valence-corrected chi connectivity index (χ3v) is 6.63. The summed E-state index contributed by atoms with van der Waals surface area (Å²) in [6, 6.07) is 22.3. The van der Waals surface area contributed by atoms with Crippen LogP contribution in [0.4, 0.5) is 5.69 Å². The quantitative estimate of drug-likeness (QED) is 0.419. The van der Waals surface area contributed by atoms with E-state index < -0.39 is 11.8 Å². The SMILES string of the molecule is N#CC1=C(N)N(c2ccc(Cl)cc2)C(=S)C(C(=O)c2cccs2)C1c1ccccc1. The molecule has 2 unspecified atom stereocenters. The lowest BCUT2D eigenvalue weighted by Gasteiger charge is -2.39. The van der Waals surface area contributed by atoms with E-state index in [0.29, 0.717) is 26.1 Å². The van der Waals surface area contributed by atoms with Crippen LogP contribution in [0.25, 0.3) is 0 Å². The first-order chi connectivity index (χ1) is 14.5. The van der Waals surface area contributed by atoms with E-state index in [2.05, 4.69) is 6.07 Å². The Kier molecular flexibility index (Phi) is 5.69. The van der Waals surface area contributed by atoms with E-state index in [1.807, 2.05) is 41.8 Å². The number of nitrogens with zero attached hydrogens (tertiary/aromatic N) is 2. The zero-order valence-corrected chi connectivity index (χ0v) is 18.0. The second kappa shape index (κ2) is 8.41. The highest BCUT2D eigenvalue weighted by molar-refractivity contribution is 7.80. The maximum atomic E-state index is 13.6. The van der Waals surface area contributed by atoms with Crippen molar-refractivity contribution in [3.8, 4) is 6.07 Å². The number of hydrogen-bond acceptors (Lipinski definition) is 5. The molecule has 0 aliphatic carbocycles. The summed E-state index contributed by atoms with van der Waals surface area (Å²) < 4.78 is 0. The number of allylic oxidation sites excluding steroid dienone is 1. The number of thiophene rings is 1. The van der Waals surface area contributed by atoms with E-state index >= 15 is 0 Å².